The molecular weight excluding hydrogens is 278 g/mol. The van der Waals surface area contributed by atoms with Crippen LogP contribution in [0.2, 0.25) is 0 Å². The third-order valence-corrected chi connectivity index (χ3v) is 4.47. The van der Waals surface area contributed by atoms with Crippen molar-refractivity contribution in [2.45, 2.75) is 45.1 Å². The number of amides is 1. The maximum absolute atomic E-state index is 12.4. The number of fused-ring (bicyclic) bond motifs is 3. The van der Waals surface area contributed by atoms with Crippen molar-refractivity contribution in [1.29, 1.82) is 0 Å². The molecule has 1 amide bonds. The Kier molecular flexibility index (Phi) is 4.02. The van der Waals surface area contributed by atoms with Gasteiger partial charge in [0.1, 0.15) is 11.4 Å². The predicted octanol–water partition coefficient (Wildman–Crippen LogP) is 3.81. The first-order chi connectivity index (χ1) is 10.4. The van der Waals surface area contributed by atoms with Crippen LogP contribution in [0.15, 0.2) is 24.3 Å². The van der Waals surface area contributed by atoms with Gasteiger partial charge in [0.15, 0.2) is 0 Å². The number of hydrogen-bond acceptors (Lipinski definition) is 3. The summed E-state index contributed by atoms with van der Waals surface area (Å²) < 4.78 is 11.4. The number of likely N-dealkylation sites (tertiary alicyclic amines) is 1. The molecule has 2 unspecified atom stereocenters. The first kappa shape index (κ1) is 15.2. The summed E-state index contributed by atoms with van der Waals surface area (Å²) >= 11 is 0. The summed E-state index contributed by atoms with van der Waals surface area (Å²) in [6.45, 7) is 7.99. The third kappa shape index (κ3) is 3.21. The molecule has 120 valence electrons. The summed E-state index contributed by atoms with van der Waals surface area (Å²) in [6.07, 6.45) is 1.87. The quantitative estimate of drug-likeness (QED) is 0.731. The average molecular weight is 303 g/mol. The van der Waals surface area contributed by atoms with E-state index in [9.17, 15) is 4.79 Å². The van der Waals surface area contributed by atoms with E-state index in [0.717, 1.165) is 38.3 Å². The smallest absolute Gasteiger partial charge is 0.410 e. The molecule has 3 rings (SSSR count). The molecule has 1 aromatic carbocycles. The van der Waals surface area contributed by atoms with Crippen LogP contribution in [0.4, 0.5) is 4.79 Å². The van der Waals surface area contributed by atoms with Crippen molar-refractivity contribution in [3.8, 4) is 5.75 Å². The highest BCUT2D eigenvalue weighted by Crippen LogP contribution is 2.41. The molecule has 0 aliphatic carbocycles. The summed E-state index contributed by atoms with van der Waals surface area (Å²) in [7, 11) is 0. The Bertz CT molecular complexity index is 550. The standard InChI is InChI=1S/C18H25NO3/c1-18(2,3)22-17(20)19-10-8-13-9-11-21-16-7-5-4-6-14(16)15(13)12-19/h4-7,13,15H,8-12H2,1-3H3. The maximum Gasteiger partial charge on any atom is 0.410 e. The van der Waals surface area contributed by atoms with E-state index in [-0.39, 0.29) is 6.09 Å². The van der Waals surface area contributed by atoms with Crippen molar-refractivity contribution in [1.82, 2.24) is 4.90 Å². The monoisotopic (exact) mass is 303 g/mol. The van der Waals surface area contributed by atoms with Crippen molar-refractivity contribution >= 4 is 6.09 Å². The minimum atomic E-state index is -0.446. The molecule has 2 aliphatic heterocycles. The number of carbonyl (C=O) groups excluding carboxylic acids is 1. The van der Waals surface area contributed by atoms with Crippen LogP contribution in [0.3, 0.4) is 0 Å². The van der Waals surface area contributed by atoms with Gasteiger partial charge in [-0.2, -0.15) is 0 Å². The molecule has 2 atom stereocenters. The second-order valence-corrected chi connectivity index (χ2v) is 7.26. The van der Waals surface area contributed by atoms with Crippen molar-refractivity contribution < 1.29 is 14.3 Å². The van der Waals surface area contributed by atoms with Gasteiger partial charge in [-0.3, -0.25) is 0 Å². The number of piperidine rings is 1. The maximum atomic E-state index is 12.4. The van der Waals surface area contributed by atoms with E-state index in [1.807, 2.05) is 37.8 Å². The highest BCUT2D eigenvalue weighted by molar-refractivity contribution is 5.68. The summed E-state index contributed by atoms with van der Waals surface area (Å²) in [6, 6.07) is 8.23. The van der Waals surface area contributed by atoms with E-state index >= 15 is 0 Å². The highest BCUT2D eigenvalue weighted by atomic mass is 16.6. The lowest BCUT2D eigenvalue weighted by Gasteiger charge is -2.38. The average Bonchev–Trinajstić information content (AvgIpc) is 2.64. The zero-order valence-electron chi connectivity index (χ0n) is 13.7. The molecule has 0 radical (unpaired) electrons. The minimum absolute atomic E-state index is 0.200. The second kappa shape index (κ2) is 5.82. The van der Waals surface area contributed by atoms with E-state index in [1.54, 1.807) is 0 Å². The largest absolute Gasteiger partial charge is 0.493 e. The Hall–Kier alpha value is -1.71. The topological polar surface area (TPSA) is 38.8 Å². The van der Waals surface area contributed by atoms with E-state index in [1.165, 1.54) is 5.56 Å². The molecule has 22 heavy (non-hydrogen) atoms. The molecule has 4 nitrogen and oxygen atoms in total. The van der Waals surface area contributed by atoms with Crippen LogP contribution < -0.4 is 4.74 Å². The summed E-state index contributed by atoms with van der Waals surface area (Å²) in [5.41, 5.74) is 0.788. The Balaban J connectivity index is 1.79. The van der Waals surface area contributed by atoms with E-state index < -0.39 is 5.60 Å². The van der Waals surface area contributed by atoms with Gasteiger partial charge in [0, 0.05) is 19.0 Å². The van der Waals surface area contributed by atoms with Gasteiger partial charge in [0.25, 0.3) is 0 Å². The Labute approximate surface area is 132 Å². The lowest BCUT2D eigenvalue weighted by Crippen LogP contribution is -2.45. The van der Waals surface area contributed by atoms with Crippen molar-refractivity contribution in [2.75, 3.05) is 19.7 Å². The van der Waals surface area contributed by atoms with Gasteiger partial charge in [-0.15, -0.1) is 0 Å². The zero-order chi connectivity index (χ0) is 15.7. The predicted molar refractivity (Wildman–Crippen MR) is 85.2 cm³/mol. The summed E-state index contributed by atoms with van der Waals surface area (Å²) in [5.74, 6) is 1.91. The number of benzene rings is 1. The second-order valence-electron chi connectivity index (χ2n) is 7.26. The van der Waals surface area contributed by atoms with E-state index in [0.29, 0.717) is 11.8 Å². The molecule has 1 fully saturated rings. The van der Waals surface area contributed by atoms with Crippen LogP contribution >= 0.6 is 0 Å². The molecule has 0 aromatic heterocycles. The minimum Gasteiger partial charge on any atom is -0.493 e. The van der Waals surface area contributed by atoms with Crippen LogP contribution in [0, 0.1) is 5.92 Å². The molecule has 0 bridgehead atoms. The molecule has 0 N–H and O–H groups in total. The Morgan fingerprint density at radius 2 is 2.05 bits per heavy atom. The molecule has 1 aromatic rings. The number of rotatable bonds is 0. The molecule has 4 heteroatoms. The van der Waals surface area contributed by atoms with Gasteiger partial charge in [-0.25, -0.2) is 4.79 Å². The van der Waals surface area contributed by atoms with Crippen LogP contribution in [0.1, 0.15) is 45.1 Å². The van der Waals surface area contributed by atoms with Gasteiger partial charge in [-0.1, -0.05) is 18.2 Å². The SMILES string of the molecule is CC(C)(C)OC(=O)N1CCC2CCOc3ccccc3C2C1. The lowest BCUT2D eigenvalue weighted by molar-refractivity contribution is 0.0153. The number of nitrogens with zero attached hydrogens (tertiary/aromatic N) is 1. The van der Waals surface area contributed by atoms with E-state index in [4.69, 9.17) is 9.47 Å². The van der Waals surface area contributed by atoms with Crippen LogP contribution in [0.25, 0.3) is 0 Å². The van der Waals surface area contributed by atoms with Gasteiger partial charge in [0.2, 0.25) is 0 Å². The van der Waals surface area contributed by atoms with E-state index in [2.05, 4.69) is 12.1 Å². The number of ether oxygens (including phenoxy) is 2. The molecule has 2 aliphatic rings. The number of hydrogen-bond donors (Lipinski definition) is 0. The first-order valence-electron chi connectivity index (χ1n) is 8.14. The fourth-order valence-electron chi connectivity index (χ4n) is 3.43. The van der Waals surface area contributed by atoms with Crippen LogP contribution in [-0.4, -0.2) is 36.3 Å². The number of carbonyl (C=O) groups is 1. The molecule has 0 spiro atoms. The summed E-state index contributed by atoms with van der Waals surface area (Å²) in [5, 5.41) is 0. The summed E-state index contributed by atoms with van der Waals surface area (Å²) in [4.78, 5) is 14.2. The molecule has 1 saturated heterocycles. The van der Waals surface area contributed by atoms with Gasteiger partial charge in [-0.05, 0) is 51.2 Å². The first-order valence-corrected chi connectivity index (χ1v) is 8.14. The van der Waals surface area contributed by atoms with Crippen molar-refractivity contribution in [2.24, 2.45) is 5.92 Å². The third-order valence-electron chi connectivity index (χ3n) is 4.47. The van der Waals surface area contributed by atoms with Crippen molar-refractivity contribution in [3.05, 3.63) is 29.8 Å². The van der Waals surface area contributed by atoms with Crippen molar-refractivity contribution in [3.63, 3.8) is 0 Å². The lowest BCUT2D eigenvalue weighted by atomic mass is 9.79. The Morgan fingerprint density at radius 3 is 2.82 bits per heavy atom. The zero-order valence-corrected chi connectivity index (χ0v) is 13.7. The highest BCUT2D eigenvalue weighted by Gasteiger charge is 2.36. The van der Waals surface area contributed by atoms with Gasteiger partial charge >= 0.3 is 6.09 Å². The number of para-hydroxylation sites is 1. The molecular formula is C18H25NO3. The fourth-order valence-corrected chi connectivity index (χ4v) is 3.43. The fraction of sp³-hybridized carbons (Fsp3) is 0.611. The van der Waals surface area contributed by atoms with Crippen LogP contribution in [0.5, 0.6) is 5.75 Å². The normalized spacial score (nSPS) is 24.6. The van der Waals surface area contributed by atoms with Gasteiger partial charge < -0.3 is 14.4 Å². The van der Waals surface area contributed by atoms with Crippen LogP contribution in [-0.2, 0) is 4.74 Å². The Morgan fingerprint density at radius 1 is 1.27 bits per heavy atom. The molecule has 2 heterocycles. The van der Waals surface area contributed by atoms with Gasteiger partial charge in [0.05, 0.1) is 6.61 Å². The molecule has 0 saturated carbocycles.